The quantitative estimate of drug-likeness (QED) is 0.588. The fraction of sp³-hybridized carbons (Fsp3) is 0.750. The second-order valence-electron chi connectivity index (χ2n) is 3.05. The minimum Gasteiger partial charge on any atom is -0.467 e. The zero-order valence-corrected chi connectivity index (χ0v) is 8.46. The number of nitrogens with zero attached hydrogens (tertiary/aromatic N) is 1. The first-order valence-corrected chi connectivity index (χ1v) is 3.99. The van der Waals surface area contributed by atoms with Gasteiger partial charge in [0, 0.05) is 0 Å². The van der Waals surface area contributed by atoms with E-state index in [1.54, 1.807) is 25.9 Å². The van der Waals surface area contributed by atoms with Gasteiger partial charge in [-0.3, -0.25) is 4.79 Å². The van der Waals surface area contributed by atoms with Crippen molar-refractivity contribution in [1.29, 1.82) is 0 Å². The molecule has 0 fully saturated rings. The van der Waals surface area contributed by atoms with E-state index in [9.17, 15) is 9.59 Å². The molecule has 0 aromatic carbocycles. The molecule has 0 rings (SSSR count). The molecule has 0 radical (unpaired) electrons. The normalized spacial score (nSPS) is 12.4. The summed E-state index contributed by atoms with van der Waals surface area (Å²) < 4.78 is 4.45. The molecule has 0 spiro atoms. The van der Waals surface area contributed by atoms with Crippen molar-refractivity contribution in [2.24, 2.45) is 0 Å². The topological polar surface area (TPSA) is 58.6 Å². The Labute approximate surface area is 78.0 Å². The Hall–Kier alpha value is -1.10. The second-order valence-corrected chi connectivity index (χ2v) is 3.05. The van der Waals surface area contributed by atoms with Gasteiger partial charge in [0.05, 0.1) is 13.7 Å². The van der Waals surface area contributed by atoms with E-state index in [4.69, 9.17) is 0 Å². The third-order valence-corrected chi connectivity index (χ3v) is 1.39. The van der Waals surface area contributed by atoms with Crippen LogP contribution in [0.1, 0.15) is 6.92 Å². The maximum atomic E-state index is 11.1. The van der Waals surface area contributed by atoms with Gasteiger partial charge >= 0.3 is 5.97 Å². The van der Waals surface area contributed by atoms with Crippen LogP contribution in [0.3, 0.4) is 0 Å². The van der Waals surface area contributed by atoms with Crippen LogP contribution in [0.2, 0.25) is 0 Å². The number of nitrogens with one attached hydrogen (secondary N) is 1. The lowest BCUT2D eigenvalue weighted by Crippen LogP contribution is -2.43. The standard InChI is InChI=1S/C8H16N2O3/c1-6(8(12)13-4)9-7(11)5-10(2)3/h6H,5H2,1-4H3,(H,9,11). The molecule has 0 aliphatic carbocycles. The monoisotopic (exact) mass is 188 g/mol. The maximum absolute atomic E-state index is 11.1. The van der Waals surface area contributed by atoms with Crippen molar-refractivity contribution in [1.82, 2.24) is 10.2 Å². The minimum atomic E-state index is -0.586. The predicted molar refractivity (Wildman–Crippen MR) is 48.2 cm³/mol. The molecule has 0 aliphatic rings. The van der Waals surface area contributed by atoms with E-state index in [0.29, 0.717) is 0 Å². The summed E-state index contributed by atoms with van der Waals surface area (Å²) in [4.78, 5) is 23.7. The average Bonchev–Trinajstić information content (AvgIpc) is 2.01. The number of hydrogen-bond donors (Lipinski definition) is 1. The minimum absolute atomic E-state index is 0.192. The zero-order valence-electron chi connectivity index (χ0n) is 8.46. The van der Waals surface area contributed by atoms with Crippen LogP contribution in [0.15, 0.2) is 0 Å². The number of carbonyl (C=O) groups is 2. The van der Waals surface area contributed by atoms with Gasteiger partial charge in [-0.05, 0) is 21.0 Å². The van der Waals surface area contributed by atoms with Crippen molar-refractivity contribution in [3.05, 3.63) is 0 Å². The van der Waals surface area contributed by atoms with Gasteiger partial charge < -0.3 is 15.0 Å². The number of likely N-dealkylation sites (N-methyl/N-ethyl adjacent to an activating group) is 1. The molecule has 5 heteroatoms. The predicted octanol–water partition coefficient (Wildman–Crippen LogP) is -0.774. The number of carbonyl (C=O) groups excluding carboxylic acids is 2. The molecule has 0 aromatic rings. The Morgan fingerprint density at radius 1 is 1.46 bits per heavy atom. The molecule has 1 atom stereocenters. The summed E-state index contributed by atoms with van der Waals surface area (Å²) in [5.74, 6) is -0.630. The molecule has 1 unspecified atom stereocenters. The Bertz CT molecular complexity index is 192. The summed E-state index contributed by atoms with van der Waals surface area (Å²) in [6.45, 7) is 1.85. The summed E-state index contributed by atoms with van der Waals surface area (Å²) in [5.41, 5.74) is 0. The van der Waals surface area contributed by atoms with Gasteiger partial charge in [-0.1, -0.05) is 0 Å². The molecule has 0 aliphatic heterocycles. The Balaban J connectivity index is 3.85. The molecule has 76 valence electrons. The summed E-state index contributed by atoms with van der Waals surface area (Å²) in [6.07, 6.45) is 0. The maximum Gasteiger partial charge on any atom is 0.328 e. The molecule has 0 bridgehead atoms. The first-order valence-electron chi connectivity index (χ1n) is 3.99. The van der Waals surface area contributed by atoms with Gasteiger partial charge in [0.15, 0.2) is 0 Å². The Morgan fingerprint density at radius 2 is 2.00 bits per heavy atom. The highest BCUT2D eigenvalue weighted by atomic mass is 16.5. The lowest BCUT2D eigenvalue weighted by Gasteiger charge is -2.13. The number of esters is 1. The molecule has 0 saturated heterocycles. The van der Waals surface area contributed by atoms with E-state index < -0.39 is 12.0 Å². The molecule has 0 saturated carbocycles. The molecule has 1 amide bonds. The van der Waals surface area contributed by atoms with Gasteiger partial charge in [0.1, 0.15) is 6.04 Å². The van der Waals surface area contributed by atoms with Gasteiger partial charge in [-0.15, -0.1) is 0 Å². The third kappa shape index (κ3) is 5.19. The Morgan fingerprint density at radius 3 is 2.38 bits per heavy atom. The number of methoxy groups -OCH3 is 1. The summed E-state index contributed by atoms with van der Waals surface area (Å²) in [6, 6.07) is -0.586. The van der Waals surface area contributed by atoms with E-state index in [1.807, 2.05) is 0 Å². The molecule has 0 aromatic heterocycles. The number of ether oxygens (including phenoxy) is 1. The zero-order chi connectivity index (χ0) is 10.4. The van der Waals surface area contributed by atoms with Crippen molar-refractivity contribution < 1.29 is 14.3 Å². The van der Waals surface area contributed by atoms with E-state index >= 15 is 0 Å². The number of rotatable bonds is 4. The SMILES string of the molecule is COC(=O)C(C)NC(=O)CN(C)C. The summed E-state index contributed by atoms with van der Waals surface area (Å²) in [7, 11) is 4.85. The van der Waals surface area contributed by atoms with Crippen molar-refractivity contribution >= 4 is 11.9 Å². The Kier molecular flexibility index (Phi) is 5.06. The molecule has 13 heavy (non-hydrogen) atoms. The third-order valence-electron chi connectivity index (χ3n) is 1.39. The fourth-order valence-corrected chi connectivity index (χ4v) is 0.810. The van der Waals surface area contributed by atoms with Gasteiger partial charge in [-0.2, -0.15) is 0 Å². The highest BCUT2D eigenvalue weighted by molar-refractivity contribution is 5.85. The highest BCUT2D eigenvalue weighted by Crippen LogP contribution is 1.86. The van der Waals surface area contributed by atoms with Crippen LogP contribution in [0.4, 0.5) is 0 Å². The van der Waals surface area contributed by atoms with Crippen LogP contribution < -0.4 is 5.32 Å². The fourth-order valence-electron chi connectivity index (χ4n) is 0.810. The van der Waals surface area contributed by atoms with Crippen molar-refractivity contribution in [2.45, 2.75) is 13.0 Å². The van der Waals surface area contributed by atoms with E-state index in [-0.39, 0.29) is 12.5 Å². The summed E-state index contributed by atoms with van der Waals surface area (Å²) >= 11 is 0. The van der Waals surface area contributed by atoms with E-state index in [1.165, 1.54) is 7.11 Å². The van der Waals surface area contributed by atoms with Crippen LogP contribution in [0.25, 0.3) is 0 Å². The van der Waals surface area contributed by atoms with E-state index in [0.717, 1.165) is 0 Å². The van der Waals surface area contributed by atoms with Gasteiger partial charge in [-0.25, -0.2) is 4.79 Å². The van der Waals surface area contributed by atoms with Crippen LogP contribution in [-0.2, 0) is 14.3 Å². The lowest BCUT2D eigenvalue weighted by atomic mass is 10.3. The lowest BCUT2D eigenvalue weighted by molar-refractivity contribution is -0.144. The smallest absolute Gasteiger partial charge is 0.328 e. The molecule has 0 heterocycles. The number of hydrogen-bond acceptors (Lipinski definition) is 4. The largest absolute Gasteiger partial charge is 0.467 e. The average molecular weight is 188 g/mol. The van der Waals surface area contributed by atoms with Gasteiger partial charge in [0.2, 0.25) is 5.91 Å². The molecular weight excluding hydrogens is 172 g/mol. The van der Waals surface area contributed by atoms with E-state index in [2.05, 4.69) is 10.1 Å². The van der Waals surface area contributed by atoms with Crippen LogP contribution in [-0.4, -0.2) is 50.6 Å². The van der Waals surface area contributed by atoms with Crippen LogP contribution >= 0.6 is 0 Å². The van der Waals surface area contributed by atoms with Crippen LogP contribution in [0.5, 0.6) is 0 Å². The molecule has 1 N–H and O–H groups in total. The van der Waals surface area contributed by atoms with Crippen molar-refractivity contribution in [2.75, 3.05) is 27.7 Å². The second kappa shape index (κ2) is 5.53. The van der Waals surface area contributed by atoms with Crippen LogP contribution in [0, 0.1) is 0 Å². The van der Waals surface area contributed by atoms with Gasteiger partial charge in [0.25, 0.3) is 0 Å². The van der Waals surface area contributed by atoms with Crippen molar-refractivity contribution in [3.63, 3.8) is 0 Å². The molecule has 5 nitrogen and oxygen atoms in total. The first-order chi connectivity index (χ1) is 5.97. The highest BCUT2D eigenvalue weighted by Gasteiger charge is 2.15. The van der Waals surface area contributed by atoms with Crippen molar-refractivity contribution in [3.8, 4) is 0 Å². The number of amides is 1. The molecular formula is C8H16N2O3. The first kappa shape index (κ1) is 11.9. The summed E-state index contributed by atoms with van der Waals surface area (Å²) in [5, 5.41) is 2.51.